The molecule has 2 aromatic heterocycles. The Labute approximate surface area is 188 Å². The zero-order valence-electron chi connectivity index (χ0n) is 16.8. The number of pyridine rings is 1. The average Bonchev–Trinajstić information content (AvgIpc) is 3.48. The van der Waals surface area contributed by atoms with Crippen LogP contribution in [-0.4, -0.2) is 27.7 Å². The molecule has 0 saturated heterocycles. The van der Waals surface area contributed by atoms with Gasteiger partial charge in [-0.05, 0) is 23.1 Å². The molecule has 0 bridgehead atoms. The van der Waals surface area contributed by atoms with Crippen LogP contribution in [0.5, 0.6) is 0 Å². The van der Waals surface area contributed by atoms with E-state index < -0.39 is 23.4 Å². The van der Waals surface area contributed by atoms with Crippen LogP contribution in [0.1, 0.15) is 35.1 Å². The largest absolute Gasteiger partial charge is 0.394 e. The van der Waals surface area contributed by atoms with Crippen molar-refractivity contribution in [1.82, 2.24) is 15.3 Å². The van der Waals surface area contributed by atoms with E-state index in [1.165, 1.54) is 17.4 Å². The third-order valence-corrected chi connectivity index (χ3v) is 5.99. The summed E-state index contributed by atoms with van der Waals surface area (Å²) < 4.78 is 13.9. The van der Waals surface area contributed by atoms with Crippen molar-refractivity contribution in [3.05, 3.63) is 75.4 Å². The van der Waals surface area contributed by atoms with E-state index >= 15 is 0 Å². The van der Waals surface area contributed by atoms with Gasteiger partial charge in [0.2, 0.25) is 0 Å². The summed E-state index contributed by atoms with van der Waals surface area (Å²) in [5.74, 6) is 2.24. The molecule has 1 fully saturated rings. The molecule has 2 amide bonds. The number of hydrogen-bond acceptors (Lipinski definition) is 5. The number of carbonyl (C=O) groups excluding carboxylic acids is 1. The van der Waals surface area contributed by atoms with E-state index in [2.05, 4.69) is 31.4 Å². The number of nitrogens with zero attached hydrogens (tertiary/aromatic N) is 3. The first-order valence-corrected chi connectivity index (χ1v) is 10.6. The van der Waals surface area contributed by atoms with Gasteiger partial charge in [0, 0.05) is 23.8 Å². The van der Waals surface area contributed by atoms with Crippen molar-refractivity contribution in [1.29, 1.82) is 0 Å². The van der Waals surface area contributed by atoms with Gasteiger partial charge in [-0.3, -0.25) is 5.32 Å². The molecular formula is C23H18FN5O2S. The molecule has 2 heterocycles. The number of aliphatic hydroxyl groups is 1. The van der Waals surface area contributed by atoms with Gasteiger partial charge in [-0.25, -0.2) is 25.7 Å². The monoisotopic (exact) mass is 447 g/mol. The standard InChI is InChI=1S/C23H18FN5O2S/c1-3-20-28-19(13-32-20)29-22(31)27-18(12-30)15-6-4-14(5-7-15)17-10-16(24)11-26-21(17)23(25-2)8-9-23/h1,4-7,10-11,13,18,30H,8-9,12H2,(H2,27,29,31)/t18-/m0/s1. The van der Waals surface area contributed by atoms with Gasteiger partial charge in [-0.1, -0.05) is 24.3 Å². The number of halogens is 1. The number of nitrogens with one attached hydrogen (secondary N) is 2. The maximum atomic E-state index is 13.9. The summed E-state index contributed by atoms with van der Waals surface area (Å²) in [5.41, 5.74) is 1.84. The molecule has 160 valence electrons. The fourth-order valence-corrected chi connectivity index (χ4v) is 3.94. The highest BCUT2D eigenvalue weighted by molar-refractivity contribution is 7.10. The third kappa shape index (κ3) is 4.30. The first-order chi connectivity index (χ1) is 15.5. The Morgan fingerprint density at radius 2 is 2.16 bits per heavy atom. The number of benzene rings is 1. The molecule has 0 radical (unpaired) electrons. The van der Waals surface area contributed by atoms with Crippen molar-refractivity contribution in [3.8, 4) is 23.5 Å². The summed E-state index contributed by atoms with van der Waals surface area (Å²) in [5, 5.41) is 17.1. The van der Waals surface area contributed by atoms with E-state index in [4.69, 9.17) is 13.0 Å². The number of hydrogen-bond donors (Lipinski definition) is 3. The minimum Gasteiger partial charge on any atom is -0.394 e. The van der Waals surface area contributed by atoms with Gasteiger partial charge in [0.15, 0.2) is 5.01 Å². The van der Waals surface area contributed by atoms with E-state index in [-0.39, 0.29) is 6.61 Å². The van der Waals surface area contributed by atoms with Gasteiger partial charge in [-0.15, -0.1) is 17.8 Å². The molecule has 3 N–H and O–H groups in total. The van der Waals surface area contributed by atoms with E-state index in [1.807, 2.05) is 0 Å². The first kappa shape index (κ1) is 21.4. The number of aromatic nitrogens is 2. The van der Waals surface area contributed by atoms with Crippen LogP contribution in [0.4, 0.5) is 15.0 Å². The van der Waals surface area contributed by atoms with Crippen LogP contribution in [0, 0.1) is 24.7 Å². The summed E-state index contributed by atoms with van der Waals surface area (Å²) in [6.07, 6.45) is 7.82. The zero-order valence-corrected chi connectivity index (χ0v) is 17.6. The maximum Gasteiger partial charge on any atom is 0.320 e. The Morgan fingerprint density at radius 1 is 1.41 bits per heavy atom. The Kier molecular flexibility index (Phi) is 5.87. The van der Waals surface area contributed by atoms with Gasteiger partial charge in [0.25, 0.3) is 5.54 Å². The molecule has 1 aliphatic carbocycles. The summed E-state index contributed by atoms with van der Waals surface area (Å²) in [7, 11) is 0. The second kappa shape index (κ2) is 8.75. The van der Waals surface area contributed by atoms with Crippen molar-refractivity contribution >= 4 is 23.2 Å². The lowest BCUT2D eigenvalue weighted by Gasteiger charge is -2.17. The third-order valence-electron chi connectivity index (χ3n) is 5.21. The molecule has 1 saturated carbocycles. The van der Waals surface area contributed by atoms with Crippen molar-refractivity contribution in [2.75, 3.05) is 11.9 Å². The molecule has 0 spiro atoms. The van der Waals surface area contributed by atoms with Gasteiger partial charge in [0.1, 0.15) is 17.3 Å². The average molecular weight is 447 g/mol. The minimum atomic E-state index is -0.677. The molecule has 32 heavy (non-hydrogen) atoms. The Hall–Kier alpha value is -3.79. The highest BCUT2D eigenvalue weighted by Crippen LogP contribution is 2.51. The number of aliphatic hydroxyl groups excluding tert-OH is 1. The van der Waals surface area contributed by atoms with Crippen molar-refractivity contribution in [3.63, 3.8) is 0 Å². The van der Waals surface area contributed by atoms with Crippen LogP contribution >= 0.6 is 11.3 Å². The minimum absolute atomic E-state index is 0.326. The number of carbonyl (C=O) groups is 1. The molecule has 0 aliphatic heterocycles. The highest BCUT2D eigenvalue weighted by atomic mass is 32.1. The first-order valence-electron chi connectivity index (χ1n) is 9.73. The summed E-state index contributed by atoms with van der Waals surface area (Å²) in [4.78, 5) is 24.3. The number of urea groups is 1. The molecular weight excluding hydrogens is 429 g/mol. The van der Waals surface area contributed by atoms with Crippen molar-refractivity contribution in [2.45, 2.75) is 24.4 Å². The molecule has 7 nitrogen and oxygen atoms in total. The number of terminal acetylenes is 1. The Balaban J connectivity index is 1.52. The van der Waals surface area contributed by atoms with Crippen LogP contribution in [-0.2, 0) is 5.54 Å². The lowest BCUT2D eigenvalue weighted by atomic mass is 9.96. The van der Waals surface area contributed by atoms with Gasteiger partial charge in [-0.2, -0.15) is 0 Å². The summed E-state index contributed by atoms with van der Waals surface area (Å²) >= 11 is 1.23. The Morgan fingerprint density at radius 3 is 2.75 bits per heavy atom. The Bertz CT molecular complexity index is 1240. The highest BCUT2D eigenvalue weighted by Gasteiger charge is 2.55. The van der Waals surface area contributed by atoms with Gasteiger partial charge >= 0.3 is 6.03 Å². The predicted molar refractivity (Wildman–Crippen MR) is 119 cm³/mol. The van der Waals surface area contributed by atoms with Crippen molar-refractivity contribution in [2.24, 2.45) is 0 Å². The molecule has 1 aliphatic rings. The zero-order chi connectivity index (χ0) is 22.7. The van der Waals surface area contributed by atoms with Gasteiger partial charge < -0.3 is 15.3 Å². The van der Waals surface area contributed by atoms with Gasteiger partial charge in [0.05, 0.1) is 18.8 Å². The van der Waals surface area contributed by atoms with Crippen LogP contribution < -0.4 is 10.6 Å². The van der Waals surface area contributed by atoms with Crippen molar-refractivity contribution < 1.29 is 14.3 Å². The van der Waals surface area contributed by atoms with Crippen LogP contribution in [0.25, 0.3) is 16.0 Å². The van der Waals surface area contributed by atoms with E-state index in [9.17, 15) is 14.3 Å². The molecule has 1 aromatic carbocycles. The fraction of sp³-hybridized carbons (Fsp3) is 0.217. The van der Waals surface area contributed by atoms with Crippen LogP contribution in [0.2, 0.25) is 0 Å². The SMILES string of the molecule is [C-]#[N+]C1(c2ncc(F)cc2-c2ccc([C@H](CO)NC(=O)Nc3csc(C#C)n3)cc2)CC1. The molecule has 0 unspecified atom stereocenters. The molecule has 3 aromatic rings. The number of anilines is 1. The van der Waals surface area contributed by atoms with E-state index in [0.29, 0.717) is 46.1 Å². The second-order valence-electron chi connectivity index (χ2n) is 7.33. The normalized spacial score (nSPS) is 14.6. The van der Waals surface area contributed by atoms with Crippen LogP contribution in [0.15, 0.2) is 41.9 Å². The maximum absolute atomic E-state index is 13.9. The fourth-order valence-electron chi connectivity index (χ4n) is 3.39. The molecule has 9 heteroatoms. The number of amides is 2. The van der Waals surface area contributed by atoms with E-state index in [0.717, 1.165) is 6.20 Å². The topological polar surface area (TPSA) is 91.5 Å². The second-order valence-corrected chi connectivity index (χ2v) is 8.19. The predicted octanol–water partition coefficient (Wildman–Crippen LogP) is 4.09. The summed E-state index contributed by atoms with van der Waals surface area (Å²) in [6, 6.07) is 7.18. The lowest BCUT2D eigenvalue weighted by Crippen LogP contribution is -2.34. The molecule has 1 atom stereocenters. The van der Waals surface area contributed by atoms with Crippen LogP contribution in [0.3, 0.4) is 0 Å². The summed E-state index contributed by atoms with van der Waals surface area (Å²) in [6.45, 7) is 7.17. The lowest BCUT2D eigenvalue weighted by molar-refractivity contribution is 0.225. The van der Waals surface area contributed by atoms with E-state index in [1.54, 1.807) is 29.6 Å². The quantitative estimate of drug-likeness (QED) is 0.392. The number of rotatable bonds is 6. The number of thiazole rings is 1. The smallest absolute Gasteiger partial charge is 0.320 e. The molecule has 4 rings (SSSR count).